The standard InChI is InChI=1S/C25H34O6/c1-13(26)29-19-12-25-18-5-4-14-10-15(27)6-8-23(14,2)17(18)7-9-24(25,3)21(19)16-11-20(28)30-22(16)31-25/h11,14-15,17-19,21-22,27H,4-10,12H2,1-3H3/t14-,15+,17+,18-,19+,21+,22+,23+,24-,25+/m1/s1. The van der Waals surface area contributed by atoms with Crippen LogP contribution in [0.5, 0.6) is 0 Å². The van der Waals surface area contributed by atoms with Gasteiger partial charge in [-0.3, -0.25) is 4.79 Å². The number of rotatable bonds is 1. The predicted molar refractivity (Wildman–Crippen MR) is 110 cm³/mol. The van der Waals surface area contributed by atoms with Crippen LogP contribution in [0.25, 0.3) is 0 Å². The average Bonchev–Trinajstić information content (AvgIpc) is 3.11. The number of fused-ring (bicyclic) bond motifs is 5. The molecule has 0 radical (unpaired) electrons. The van der Waals surface area contributed by atoms with Crippen molar-refractivity contribution < 1.29 is 28.9 Å². The minimum absolute atomic E-state index is 0.0266. The molecule has 6 rings (SSSR count). The van der Waals surface area contributed by atoms with E-state index < -0.39 is 11.9 Å². The highest BCUT2D eigenvalue weighted by molar-refractivity contribution is 5.86. The topological polar surface area (TPSA) is 82.1 Å². The molecule has 170 valence electrons. The van der Waals surface area contributed by atoms with Gasteiger partial charge < -0.3 is 19.3 Å². The van der Waals surface area contributed by atoms with Crippen LogP contribution < -0.4 is 0 Å². The Morgan fingerprint density at radius 3 is 2.74 bits per heavy atom. The molecule has 0 aromatic rings. The zero-order valence-corrected chi connectivity index (χ0v) is 18.8. The third-order valence-electron chi connectivity index (χ3n) is 10.5. The fourth-order valence-corrected chi connectivity index (χ4v) is 9.29. The van der Waals surface area contributed by atoms with Crippen molar-refractivity contribution in [3.05, 3.63) is 11.6 Å². The van der Waals surface area contributed by atoms with Gasteiger partial charge in [-0.1, -0.05) is 13.8 Å². The number of ether oxygens (including phenoxy) is 3. The highest BCUT2D eigenvalue weighted by Crippen LogP contribution is 2.73. The molecule has 0 aromatic heterocycles. The molecule has 2 bridgehead atoms. The molecule has 1 N–H and O–H groups in total. The van der Waals surface area contributed by atoms with Crippen molar-refractivity contribution in [1.82, 2.24) is 0 Å². The van der Waals surface area contributed by atoms with Crippen LogP contribution in [-0.2, 0) is 23.8 Å². The number of esters is 2. The lowest BCUT2D eigenvalue weighted by molar-refractivity contribution is -0.293. The summed E-state index contributed by atoms with van der Waals surface area (Å²) < 4.78 is 18.3. The van der Waals surface area contributed by atoms with Crippen molar-refractivity contribution in [1.29, 1.82) is 0 Å². The van der Waals surface area contributed by atoms with Crippen molar-refractivity contribution >= 4 is 11.9 Å². The summed E-state index contributed by atoms with van der Waals surface area (Å²) in [5.74, 6) is 0.784. The highest BCUT2D eigenvalue weighted by atomic mass is 16.7. The van der Waals surface area contributed by atoms with Crippen molar-refractivity contribution in [3.8, 4) is 0 Å². The van der Waals surface area contributed by atoms with Crippen LogP contribution in [0.1, 0.15) is 72.1 Å². The molecule has 6 heteroatoms. The molecule has 6 nitrogen and oxygen atoms in total. The van der Waals surface area contributed by atoms with Gasteiger partial charge in [0.15, 0.2) is 0 Å². The van der Waals surface area contributed by atoms with Crippen LogP contribution >= 0.6 is 0 Å². The summed E-state index contributed by atoms with van der Waals surface area (Å²) in [5, 5.41) is 10.3. The van der Waals surface area contributed by atoms with Gasteiger partial charge in [-0.15, -0.1) is 0 Å². The number of carbonyl (C=O) groups excluding carboxylic acids is 2. The van der Waals surface area contributed by atoms with Gasteiger partial charge in [0.05, 0.1) is 11.7 Å². The van der Waals surface area contributed by atoms with Gasteiger partial charge in [-0.05, 0) is 68.1 Å². The minimum atomic E-state index is -0.636. The first kappa shape index (κ1) is 20.2. The van der Waals surface area contributed by atoms with E-state index in [0.717, 1.165) is 50.5 Å². The first-order valence-corrected chi connectivity index (χ1v) is 12.1. The SMILES string of the molecule is CC(=O)O[C@H]1C[C@@]23O[C@@H]4OC(=O)C=C4[C@@H]1[C@@]2(C)CC[C@H]1[C@H]3CC[C@@H]2C[C@@H](O)CC[C@@]21C. The lowest BCUT2D eigenvalue weighted by Crippen LogP contribution is -2.66. The molecule has 0 spiro atoms. The van der Waals surface area contributed by atoms with E-state index in [2.05, 4.69) is 13.8 Å². The summed E-state index contributed by atoms with van der Waals surface area (Å²) in [6, 6.07) is 0. The van der Waals surface area contributed by atoms with Crippen LogP contribution in [0.15, 0.2) is 11.6 Å². The average molecular weight is 431 g/mol. The molecule has 2 heterocycles. The summed E-state index contributed by atoms with van der Waals surface area (Å²) in [6.07, 6.45) is 8.35. The van der Waals surface area contributed by atoms with Gasteiger partial charge in [-0.2, -0.15) is 0 Å². The number of aliphatic hydroxyl groups is 1. The van der Waals surface area contributed by atoms with Gasteiger partial charge >= 0.3 is 11.9 Å². The maximum atomic E-state index is 12.2. The van der Waals surface area contributed by atoms with E-state index in [1.807, 2.05) is 0 Å². The van der Waals surface area contributed by atoms with E-state index in [4.69, 9.17) is 14.2 Å². The van der Waals surface area contributed by atoms with Gasteiger partial charge in [-0.25, -0.2) is 4.79 Å². The monoisotopic (exact) mass is 430 g/mol. The summed E-state index contributed by atoms with van der Waals surface area (Å²) in [5.41, 5.74) is 0.448. The number of hydrogen-bond donors (Lipinski definition) is 1. The number of aliphatic hydroxyl groups excluding tert-OH is 1. The van der Waals surface area contributed by atoms with Crippen molar-refractivity contribution in [2.45, 2.75) is 96.2 Å². The lowest BCUT2D eigenvalue weighted by Gasteiger charge is -2.66. The Labute approximate surface area is 183 Å². The molecular weight excluding hydrogens is 396 g/mol. The third kappa shape index (κ3) is 2.47. The van der Waals surface area contributed by atoms with E-state index in [9.17, 15) is 14.7 Å². The molecule has 0 aromatic carbocycles. The molecule has 1 saturated heterocycles. The van der Waals surface area contributed by atoms with Crippen LogP contribution in [0.3, 0.4) is 0 Å². The summed E-state index contributed by atoms with van der Waals surface area (Å²) in [7, 11) is 0. The molecule has 4 aliphatic carbocycles. The minimum Gasteiger partial charge on any atom is -0.462 e. The Balaban J connectivity index is 1.43. The van der Waals surface area contributed by atoms with Crippen molar-refractivity contribution in [2.75, 3.05) is 0 Å². The van der Waals surface area contributed by atoms with Crippen molar-refractivity contribution in [3.63, 3.8) is 0 Å². The fourth-order valence-electron chi connectivity index (χ4n) is 9.29. The predicted octanol–water partition coefficient (Wildman–Crippen LogP) is 3.51. The zero-order chi connectivity index (χ0) is 21.8. The molecule has 0 unspecified atom stereocenters. The second kappa shape index (κ2) is 6.34. The van der Waals surface area contributed by atoms with E-state index in [1.54, 1.807) is 6.08 Å². The lowest BCUT2D eigenvalue weighted by atomic mass is 9.42. The number of hydrogen-bond acceptors (Lipinski definition) is 6. The van der Waals surface area contributed by atoms with Gasteiger partial charge in [0.1, 0.15) is 6.10 Å². The Kier molecular flexibility index (Phi) is 4.14. The van der Waals surface area contributed by atoms with Gasteiger partial charge in [0.25, 0.3) is 0 Å². The molecule has 0 amide bonds. The highest BCUT2D eigenvalue weighted by Gasteiger charge is 2.75. The molecular formula is C25H34O6. The Morgan fingerprint density at radius 2 is 1.97 bits per heavy atom. The van der Waals surface area contributed by atoms with Crippen LogP contribution in [0.4, 0.5) is 0 Å². The van der Waals surface area contributed by atoms with Gasteiger partial charge in [0, 0.05) is 36.3 Å². The van der Waals surface area contributed by atoms with Crippen LogP contribution in [0, 0.1) is 34.5 Å². The first-order valence-electron chi connectivity index (χ1n) is 12.1. The fraction of sp³-hybridized carbons (Fsp3) is 0.840. The Bertz CT molecular complexity index is 866. The molecule has 6 aliphatic rings. The van der Waals surface area contributed by atoms with E-state index in [1.165, 1.54) is 6.92 Å². The smallest absolute Gasteiger partial charge is 0.333 e. The first-order chi connectivity index (χ1) is 14.7. The maximum Gasteiger partial charge on any atom is 0.333 e. The molecule has 5 fully saturated rings. The normalized spacial score (nSPS) is 54.6. The van der Waals surface area contributed by atoms with E-state index >= 15 is 0 Å². The summed E-state index contributed by atoms with van der Waals surface area (Å²) in [6.45, 7) is 6.22. The largest absolute Gasteiger partial charge is 0.462 e. The Morgan fingerprint density at radius 1 is 1.16 bits per heavy atom. The summed E-state index contributed by atoms with van der Waals surface area (Å²) in [4.78, 5) is 24.2. The quantitative estimate of drug-likeness (QED) is 0.641. The molecule has 2 aliphatic heterocycles. The van der Waals surface area contributed by atoms with Gasteiger partial charge in [0.2, 0.25) is 6.29 Å². The molecule has 31 heavy (non-hydrogen) atoms. The van der Waals surface area contributed by atoms with E-state index in [0.29, 0.717) is 24.2 Å². The third-order valence-corrected chi connectivity index (χ3v) is 10.5. The molecule has 10 atom stereocenters. The zero-order valence-electron chi connectivity index (χ0n) is 18.8. The molecule has 4 saturated carbocycles. The van der Waals surface area contributed by atoms with Crippen LogP contribution in [-0.4, -0.2) is 41.1 Å². The Hall–Kier alpha value is -1.40. The second-order valence-corrected chi connectivity index (χ2v) is 11.6. The van der Waals surface area contributed by atoms with Crippen molar-refractivity contribution in [2.24, 2.45) is 34.5 Å². The van der Waals surface area contributed by atoms with E-state index in [-0.39, 0.29) is 40.9 Å². The number of carbonyl (C=O) groups is 2. The second-order valence-electron chi connectivity index (χ2n) is 11.6. The summed E-state index contributed by atoms with van der Waals surface area (Å²) >= 11 is 0. The van der Waals surface area contributed by atoms with Crippen LogP contribution in [0.2, 0.25) is 0 Å². The maximum absolute atomic E-state index is 12.2.